The van der Waals surface area contributed by atoms with Gasteiger partial charge in [0.15, 0.2) is 0 Å². The maximum Gasteiger partial charge on any atom is 0.299 e. The van der Waals surface area contributed by atoms with Gasteiger partial charge in [0.25, 0.3) is 6.47 Å². The number of pyridine rings is 1. The van der Waals surface area contributed by atoms with Gasteiger partial charge >= 0.3 is 0 Å². The van der Waals surface area contributed by atoms with Crippen LogP contribution < -0.4 is 4.74 Å². The molecule has 0 N–H and O–H groups in total. The fourth-order valence-corrected chi connectivity index (χ4v) is 0.819. The first-order chi connectivity index (χ1) is 5.24. The zero-order valence-corrected chi connectivity index (χ0v) is 6.76. The van der Waals surface area contributed by atoms with Crippen LogP contribution in [-0.2, 0) is 4.79 Å². The molecule has 0 unspecified atom stereocenters. The monoisotopic (exact) mass is 191 g/mol. The lowest BCUT2D eigenvalue weighted by Crippen LogP contribution is -1.92. The zero-order chi connectivity index (χ0) is 8.27. The summed E-state index contributed by atoms with van der Waals surface area (Å²) in [6, 6.07) is 3.00. The van der Waals surface area contributed by atoms with E-state index in [2.05, 4.69) is 9.72 Å². The van der Waals surface area contributed by atoms with Crippen molar-refractivity contribution in [1.82, 2.24) is 4.98 Å². The number of carbonyl (C=O) groups excluding carboxylic acids is 1. The van der Waals surface area contributed by atoms with Gasteiger partial charge in [-0.2, -0.15) is 4.98 Å². The first kappa shape index (κ1) is 8.30. The van der Waals surface area contributed by atoms with Crippen molar-refractivity contribution in [3.63, 3.8) is 0 Å². The predicted molar refractivity (Wildman–Crippen MR) is 40.9 cm³/mol. The van der Waals surface area contributed by atoms with E-state index in [1.807, 2.05) is 0 Å². The van der Waals surface area contributed by atoms with E-state index in [1.165, 1.54) is 12.1 Å². The number of hydrogen-bond acceptors (Lipinski definition) is 3. The third-order valence-corrected chi connectivity index (χ3v) is 1.44. The summed E-state index contributed by atoms with van der Waals surface area (Å²) in [6.45, 7) is 0.241. The van der Waals surface area contributed by atoms with E-state index in [4.69, 9.17) is 23.2 Å². The quantitative estimate of drug-likeness (QED) is 0.530. The molecule has 1 aromatic rings. The molecule has 3 nitrogen and oxygen atoms in total. The second-order valence-corrected chi connectivity index (χ2v) is 2.43. The van der Waals surface area contributed by atoms with Crippen molar-refractivity contribution in [3.8, 4) is 5.88 Å². The Labute approximate surface area is 72.9 Å². The van der Waals surface area contributed by atoms with Gasteiger partial charge in [-0.15, -0.1) is 0 Å². The number of carbonyl (C=O) groups is 1. The standard InChI is InChI=1S/C6H3Cl2NO2/c7-4-1-2-5(8)9-6(4)11-3-10/h1-3H. The Morgan fingerprint density at radius 1 is 1.45 bits per heavy atom. The van der Waals surface area contributed by atoms with Gasteiger partial charge in [0.05, 0.1) is 0 Å². The lowest BCUT2D eigenvalue weighted by molar-refractivity contribution is -0.120. The summed E-state index contributed by atoms with van der Waals surface area (Å²) in [5.41, 5.74) is 0. The molecule has 0 radical (unpaired) electrons. The number of rotatable bonds is 2. The highest BCUT2D eigenvalue weighted by Crippen LogP contribution is 2.22. The Bertz CT molecular complexity index is 277. The Morgan fingerprint density at radius 2 is 2.18 bits per heavy atom. The number of halogens is 2. The van der Waals surface area contributed by atoms with Crippen molar-refractivity contribution in [1.29, 1.82) is 0 Å². The highest BCUT2D eigenvalue weighted by molar-refractivity contribution is 6.33. The van der Waals surface area contributed by atoms with E-state index in [0.717, 1.165) is 0 Å². The molecule has 1 heterocycles. The van der Waals surface area contributed by atoms with Crippen molar-refractivity contribution < 1.29 is 9.53 Å². The van der Waals surface area contributed by atoms with Crippen molar-refractivity contribution in [2.24, 2.45) is 0 Å². The Balaban J connectivity index is 3.01. The molecule has 0 aliphatic carbocycles. The molecule has 0 aliphatic rings. The largest absolute Gasteiger partial charge is 0.408 e. The van der Waals surface area contributed by atoms with Crippen LogP contribution in [0, 0.1) is 0 Å². The third-order valence-electron chi connectivity index (χ3n) is 0.940. The minimum Gasteiger partial charge on any atom is -0.408 e. The number of aromatic nitrogens is 1. The van der Waals surface area contributed by atoms with Gasteiger partial charge < -0.3 is 4.74 Å². The van der Waals surface area contributed by atoms with Crippen LogP contribution in [0.1, 0.15) is 0 Å². The molecule has 1 aromatic heterocycles. The van der Waals surface area contributed by atoms with Crippen molar-refractivity contribution in [3.05, 3.63) is 22.3 Å². The summed E-state index contributed by atoms with van der Waals surface area (Å²) in [7, 11) is 0. The van der Waals surface area contributed by atoms with Crippen LogP contribution in [0.3, 0.4) is 0 Å². The summed E-state index contributed by atoms with van der Waals surface area (Å²) in [6.07, 6.45) is 0. The second-order valence-electron chi connectivity index (χ2n) is 1.64. The smallest absolute Gasteiger partial charge is 0.299 e. The van der Waals surface area contributed by atoms with Gasteiger partial charge in [-0.1, -0.05) is 23.2 Å². The fraction of sp³-hybridized carbons (Fsp3) is 0. The normalized spacial score (nSPS) is 9.27. The fourth-order valence-electron chi connectivity index (χ4n) is 0.529. The molecule has 0 saturated heterocycles. The summed E-state index contributed by atoms with van der Waals surface area (Å²) in [5, 5.41) is 0.479. The lowest BCUT2D eigenvalue weighted by Gasteiger charge is -1.98. The molecule has 0 aromatic carbocycles. The highest BCUT2D eigenvalue weighted by Gasteiger charge is 2.02. The van der Waals surface area contributed by atoms with Crippen LogP contribution in [0.4, 0.5) is 0 Å². The van der Waals surface area contributed by atoms with Gasteiger partial charge in [-0.05, 0) is 12.1 Å². The minimum absolute atomic E-state index is 0.0224. The van der Waals surface area contributed by atoms with Crippen LogP contribution in [0.2, 0.25) is 10.2 Å². The van der Waals surface area contributed by atoms with E-state index in [1.54, 1.807) is 0 Å². The maximum absolute atomic E-state index is 9.87. The van der Waals surface area contributed by atoms with Crippen molar-refractivity contribution in [2.45, 2.75) is 0 Å². The van der Waals surface area contributed by atoms with Crippen LogP contribution in [0.5, 0.6) is 5.88 Å². The Morgan fingerprint density at radius 3 is 2.82 bits per heavy atom. The number of hydrogen-bond donors (Lipinski definition) is 0. The topological polar surface area (TPSA) is 39.2 Å². The van der Waals surface area contributed by atoms with Crippen LogP contribution in [0.15, 0.2) is 12.1 Å². The number of ether oxygens (including phenoxy) is 1. The van der Waals surface area contributed by atoms with Crippen molar-refractivity contribution in [2.75, 3.05) is 0 Å². The molecule has 0 atom stereocenters. The minimum atomic E-state index is 0.0224. The second kappa shape index (κ2) is 3.55. The van der Waals surface area contributed by atoms with Crippen LogP contribution >= 0.6 is 23.2 Å². The average molecular weight is 192 g/mol. The molecule has 0 aliphatic heterocycles. The Kier molecular flexibility index (Phi) is 2.68. The summed E-state index contributed by atoms with van der Waals surface area (Å²) < 4.78 is 4.41. The molecule has 0 fully saturated rings. The van der Waals surface area contributed by atoms with Gasteiger partial charge in [-0.25, -0.2) is 0 Å². The van der Waals surface area contributed by atoms with E-state index < -0.39 is 0 Å². The molecule has 0 bridgehead atoms. The van der Waals surface area contributed by atoms with Crippen LogP contribution in [0.25, 0.3) is 0 Å². The zero-order valence-electron chi connectivity index (χ0n) is 5.25. The molecule has 0 saturated carbocycles. The van der Waals surface area contributed by atoms with E-state index in [9.17, 15) is 4.79 Å². The molecule has 1 rings (SSSR count). The summed E-state index contributed by atoms with van der Waals surface area (Å²) in [4.78, 5) is 13.5. The van der Waals surface area contributed by atoms with Gasteiger partial charge in [-0.3, -0.25) is 4.79 Å². The molecule has 11 heavy (non-hydrogen) atoms. The SMILES string of the molecule is O=COc1nc(Cl)ccc1Cl. The molecular weight excluding hydrogens is 189 g/mol. The predicted octanol–water partition coefficient (Wildman–Crippen LogP) is 1.92. The molecular formula is C6H3Cl2NO2. The molecule has 0 spiro atoms. The van der Waals surface area contributed by atoms with Crippen LogP contribution in [-0.4, -0.2) is 11.5 Å². The summed E-state index contributed by atoms with van der Waals surface area (Å²) >= 11 is 11.1. The number of nitrogens with zero attached hydrogens (tertiary/aromatic N) is 1. The Hall–Kier alpha value is -0.800. The third kappa shape index (κ3) is 2.06. The van der Waals surface area contributed by atoms with E-state index in [-0.39, 0.29) is 22.5 Å². The summed E-state index contributed by atoms with van der Waals surface area (Å²) in [5.74, 6) is 0.0224. The maximum atomic E-state index is 9.87. The van der Waals surface area contributed by atoms with Crippen molar-refractivity contribution >= 4 is 29.7 Å². The highest BCUT2D eigenvalue weighted by atomic mass is 35.5. The lowest BCUT2D eigenvalue weighted by atomic mass is 10.5. The molecule has 5 heteroatoms. The van der Waals surface area contributed by atoms with Gasteiger partial charge in [0.1, 0.15) is 10.2 Å². The van der Waals surface area contributed by atoms with E-state index in [0.29, 0.717) is 0 Å². The average Bonchev–Trinajstić information content (AvgIpc) is 1.98. The first-order valence-corrected chi connectivity index (χ1v) is 3.42. The first-order valence-electron chi connectivity index (χ1n) is 2.66. The van der Waals surface area contributed by atoms with Gasteiger partial charge in [0.2, 0.25) is 5.88 Å². The molecule has 58 valence electrons. The molecule has 0 amide bonds. The van der Waals surface area contributed by atoms with Gasteiger partial charge in [0, 0.05) is 0 Å². The van der Waals surface area contributed by atoms with E-state index >= 15 is 0 Å².